The summed E-state index contributed by atoms with van der Waals surface area (Å²) in [4.78, 5) is 32.6. The van der Waals surface area contributed by atoms with E-state index in [4.69, 9.17) is 10.5 Å². The van der Waals surface area contributed by atoms with Gasteiger partial charge in [0, 0.05) is 24.9 Å². The van der Waals surface area contributed by atoms with E-state index in [1.54, 1.807) is 30.2 Å². The van der Waals surface area contributed by atoms with Crippen LogP contribution in [-0.2, 0) is 15.1 Å². The highest BCUT2D eigenvalue weighted by atomic mass is 16.5. The van der Waals surface area contributed by atoms with Crippen molar-refractivity contribution < 1.29 is 14.3 Å². The molecule has 1 heterocycles. The van der Waals surface area contributed by atoms with Crippen LogP contribution in [0.2, 0.25) is 0 Å². The number of benzene rings is 1. The zero-order valence-corrected chi connectivity index (χ0v) is 23.5. The van der Waals surface area contributed by atoms with Gasteiger partial charge in [0.25, 0.3) is 0 Å². The highest BCUT2D eigenvalue weighted by Gasteiger charge is 2.55. The van der Waals surface area contributed by atoms with Gasteiger partial charge in [0.2, 0.25) is 5.91 Å². The lowest BCUT2D eigenvalue weighted by atomic mass is 9.68. The van der Waals surface area contributed by atoms with Crippen molar-refractivity contribution in [1.29, 1.82) is 0 Å². The van der Waals surface area contributed by atoms with Gasteiger partial charge < -0.3 is 15.4 Å². The standard InChI is InChI=1S/C31H44N4O3/c1-6-7-14-26(27(32)36)24(2)34-23-29(35(28(34)37)22-21-30(38-5)15-11-16-30)17-19-31(20-18-29,33(3)4)25-12-9-8-10-13-25/h6-10,12-14H,1,11,15-23H2,2-5H3,(H2,32,36)/b14-7-,26-24-/t29-,31+. The molecule has 0 radical (unpaired) electrons. The summed E-state index contributed by atoms with van der Waals surface area (Å²) >= 11 is 0. The Kier molecular flexibility index (Phi) is 8.19. The van der Waals surface area contributed by atoms with Gasteiger partial charge in [-0.05, 0) is 84.0 Å². The minimum absolute atomic E-state index is 0.0455. The fraction of sp³-hybridized carbons (Fsp3) is 0.548. The molecule has 3 aliphatic rings. The molecule has 3 amide bonds. The van der Waals surface area contributed by atoms with Gasteiger partial charge in [-0.1, -0.05) is 49.1 Å². The molecule has 1 spiro atoms. The van der Waals surface area contributed by atoms with Gasteiger partial charge >= 0.3 is 6.03 Å². The smallest absolute Gasteiger partial charge is 0.324 e. The molecule has 2 N–H and O–H groups in total. The van der Waals surface area contributed by atoms with E-state index >= 15 is 0 Å². The Labute approximate surface area is 228 Å². The Morgan fingerprint density at radius 1 is 1.13 bits per heavy atom. The van der Waals surface area contributed by atoms with Crippen LogP contribution < -0.4 is 5.73 Å². The van der Waals surface area contributed by atoms with Crippen LogP contribution in [0.5, 0.6) is 0 Å². The molecule has 38 heavy (non-hydrogen) atoms. The quantitative estimate of drug-likeness (QED) is 0.350. The summed E-state index contributed by atoms with van der Waals surface area (Å²) in [7, 11) is 6.11. The van der Waals surface area contributed by atoms with Crippen LogP contribution in [-0.4, -0.2) is 72.1 Å². The summed E-state index contributed by atoms with van der Waals surface area (Å²) in [6.45, 7) is 6.72. The van der Waals surface area contributed by atoms with Crippen LogP contribution in [0.1, 0.15) is 63.9 Å². The first kappa shape index (κ1) is 28.1. The predicted octanol–water partition coefficient (Wildman–Crippen LogP) is 4.95. The highest BCUT2D eigenvalue weighted by molar-refractivity contribution is 5.96. The first-order chi connectivity index (χ1) is 18.1. The topological polar surface area (TPSA) is 79.1 Å². The number of carbonyl (C=O) groups excluding carboxylic acids is 2. The Balaban J connectivity index is 1.68. The van der Waals surface area contributed by atoms with E-state index in [-0.39, 0.29) is 22.7 Å². The van der Waals surface area contributed by atoms with E-state index in [1.807, 2.05) is 6.92 Å². The van der Waals surface area contributed by atoms with E-state index < -0.39 is 5.91 Å². The molecule has 1 aromatic carbocycles. The van der Waals surface area contributed by atoms with Crippen molar-refractivity contribution in [3.8, 4) is 0 Å². The van der Waals surface area contributed by atoms with Crippen molar-refractivity contribution in [2.45, 2.75) is 75.0 Å². The molecule has 0 bridgehead atoms. The number of nitrogens with zero attached hydrogens (tertiary/aromatic N) is 3. The number of hydrogen-bond acceptors (Lipinski definition) is 4. The van der Waals surface area contributed by atoms with Gasteiger partial charge in [0.15, 0.2) is 0 Å². The summed E-state index contributed by atoms with van der Waals surface area (Å²) in [5.41, 5.74) is 7.48. The number of hydrogen-bond donors (Lipinski definition) is 1. The Bertz CT molecular complexity index is 1090. The summed E-state index contributed by atoms with van der Waals surface area (Å²) in [6.07, 6.45) is 12.6. The average molecular weight is 521 g/mol. The third-order valence-electron chi connectivity index (χ3n) is 9.61. The van der Waals surface area contributed by atoms with Gasteiger partial charge in [-0.3, -0.25) is 14.6 Å². The second kappa shape index (κ2) is 11.1. The van der Waals surface area contributed by atoms with Crippen molar-refractivity contribution in [2.24, 2.45) is 5.73 Å². The van der Waals surface area contributed by atoms with Crippen LogP contribution in [0, 0.1) is 0 Å². The second-order valence-electron chi connectivity index (χ2n) is 11.5. The van der Waals surface area contributed by atoms with E-state index in [1.165, 1.54) is 12.0 Å². The van der Waals surface area contributed by atoms with Crippen molar-refractivity contribution in [1.82, 2.24) is 14.7 Å². The fourth-order valence-electron chi connectivity index (χ4n) is 6.82. The average Bonchev–Trinajstić information content (AvgIpc) is 3.15. The minimum Gasteiger partial charge on any atom is -0.378 e. The Morgan fingerprint density at radius 3 is 2.29 bits per heavy atom. The van der Waals surface area contributed by atoms with Crippen LogP contribution >= 0.6 is 0 Å². The molecule has 3 fully saturated rings. The number of carbonyl (C=O) groups is 2. The summed E-state index contributed by atoms with van der Waals surface area (Å²) in [6, 6.07) is 10.7. The third-order valence-corrected chi connectivity index (χ3v) is 9.61. The first-order valence-corrected chi connectivity index (χ1v) is 13.8. The normalized spacial score (nSPS) is 27.7. The van der Waals surface area contributed by atoms with Crippen molar-refractivity contribution in [3.63, 3.8) is 0 Å². The zero-order chi connectivity index (χ0) is 27.6. The highest BCUT2D eigenvalue weighted by Crippen LogP contribution is 2.50. The molecule has 0 unspecified atom stereocenters. The molecule has 7 nitrogen and oxygen atoms in total. The molecule has 7 heteroatoms. The van der Waals surface area contributed by atoms with Crippen molar-refractivity contribution in [3.05, 3.63) is 72.0 Å². The second-order valence-corrected chi connectivity index (χ2v) is 11.5. The molecule has 1 aromatic rings. The largest absolute Gasteiger partial charge is 0.378 e. The number of allylic oxidation sites excluding steroid dienone is 3. The van der Waals surface area contributed by atoms with Crippen molar-refractivity contribution in [2.75, 3.05) is 34.3 Å². The molecule has 206 valence electrons. The Hall–Kier alpha value is -2.90. The number of rotatable bonds is 10. The molecule has 1 saturated heterocycles. The lowest BCUT2D eigenvalue weighted by Crippen LogP contribution is -2.56. The maximum atomic E-state index is 14.1. The number of urea groups is 1. The maximum absolute atomic E-state index is 14.1. The first-order valence-electron chi connectivity index (χ1n) is 13.8. The molecule has 0 aromatic heterocycles. The van der Waals surface area contributed by atoms with E-state index in [9.17, 15) is 9.59 Å². The van der Waals surface area contributed by atoms with E-state index in [0.717, 1.165) is 44.9 Å². The lowest BCUT2D eigenvalue weighted by molar-refractivity contribution is -0.114. The fourth-order valence-corrected chi connectivity index (χ4v) is 6.82. The number of primary amides is 1. The number of amides is 3. The third kappa shape index (κ3) is 4.94. The van der Waals surface area contributed by atoms with Crippen LogP contribution in [0.4, 0.5) is 4.79 Å². The molecule has 4 rings (SSSR count). The number of methoxy groups -OCH3 is 1. The molecule has 0 atom stereocenters. The van der Waals surface area contributed by atoms with Gasteiger partial charge in [-0.25, -0.2) is 4.79 Å². The zero-order valence-electron chi connectivity index (χ0n) is 23.5. The number of ether oxygens (including phenoxy) is 1. The molecule has 2 aliphatic carbocycles. The minimum atomic E-state index is -0.548. The lowest BCUT2D eigenvalue weighted by Gasteiger charge is -2.51. The molecule has 2 saturated carbocycles. The van der Waals surface area contributed by atoms with Gasteiger partial charge in [-0.15, -0.1) is 0 Å². The summed E-state index contributed by atoms with van der Waals surface area (Å²) in [5.74, 6) is -0.548. The SMILES string of the molecule is C=C/C=C\C(C(N)=O)=C(/C)N1C[C@]2(CC[C@](c3ccccc3)(N(C)C)CC2)N(CCC2(OC)CCC2)C1=O. The van der Waals surface area contributed by atoms with Gasteiger partial charge in [0.1, 0.15) is 0 Å². The molecular weight excluding hydrogens is 476 g/mol. The molecule has 1 aliphatic heterocycles. The maximum Gasteiger partial charge on any atom is 0.324 e. The summed E-state index contributed by atoms with van der Waals surface area (Å²) < 4.78 is 5.91. The predicted molar refractivity (Wildman–Crippen MR) is 151 cm³/mol. The van der Waals surface area contributed by atoms with Crippen LogP contribution in [0.25, 0.3) is 0 Å². The van der Waals surface area contributed by atoms with E-state index in [2.05, 4.69) is 60.8 Å². The van der Waals surface area contributed by atoms with Gasteiger partial charge in [0.05, 0.1) is 23.3 Å². The van der Waals surface area contributed by atoms with Gasteiger partial charge in [-0.2, -0.15) is 0 Å². The molecular formula is C31H44N4O3. The van der Waals surface area contributed by atoms with Crippen molar-refractivity contribution >= 4 is 11.9 Å². The summed E-state index contributed by atoms with van der Waals surface area (Å²) in [5, 5.41) is 0. The Morgan fingerprint density at radius 2 is 1.79 bits per heavy atom. The number of nitrogens with two attached hydrogens (primary N) is 1. The van der Waals surface area contributed by atoms with Crippen LogP contribution in [0.3, 0.4) is 0 Å². The van der Waals surface area contributed by atoms with E-state index in [0.29, 0.717) is 24.4 Å². The monoisotopic (exact) mass is 520 g/mol. The van der Waals surface area contributed by atoms with Crippen LogP contribution in [0.15, 0.2) is 66.4 Å².